The van der Waals surface area contributed by atoms with Gasteiger partial charge in [0.15, 0.2) is 0 Å². The van der Waals surface area contributed by atoms with Gasteiger partial charge in [0.05, 0.1) is 17.8 Å². The maximum absolute atomic E-state index is 13.2. The number of halogens is 3. The third-order valence-electron chi connectivity index (χ3n) is 4.29. The summed E-state index contributed by atoms with van der Waals surface area (Å²) >= 11 is 0. The van der Waals surface area contributed by atoms with E-state index in [0.29, 0.717) is 0 Å². The van der Waals surface area contributed by atoms with Crippen molar-refractivity contribution >= 4 is 12.6 Å². The molecule has 2 heterocycles. The molecule has 0 radical (unpaired) electrons. The predicted octanol–water partition coefficient (Wildman–Crippen LogP) is 3.82. The molecule has 0 aromatic carbocycles. The van der Waals surface area contributed by atoms with Crippen molar-refractivity contribution in [1.29, 1.82) is 0 Å². The van der Waals surface area contributed by atoms with Gasteiger partial charge >= 0.3 is 13.3 Å². The Balaban J connectivity index is 2.38. The lowest BCUT2D eigenvalue weighted by Gasteiger charge is -2.32. The van der Waals surface area contributed by atoms with Crippen LogP contribution in [0.2, 0.25) is 0 Å². The minimum atomic E-state index is -4.58. The first-order valence-electron chi connectivity index (χ1n) is 8.18. The number of ether oxygens (including phenoxy) is 1. The number of pyridine rings is 1. The molecular weight excluding hydrogens is 334 g/mol. The normalized spacial score (nSPS) is 20.0. The molecule has 8 heteroatoms. The van der Waals surface area contributed by atoms with Gasteiger partial charge in [-0.25, -0.2) is 4.98 Å². The van der Waals surface area contributed by atoms with Crippen LogP contribution in [0.15, 0.2) is 12.1 Å². The zero-order chi connectivity index (χ0) is 19.3. The van der Waals surface area contributed by atoms with Gasteiger partial charge in [0.1, 0.15) is 5.69 Å². The Morgan fingerprint density at radius 1 is 1.04 bits per heavy atom. The fourth-order valence-electron chi connectivity index (χ4n) is 2.15. The van der Waals surface area contributed by atoms with Crippen LogP contribution >= 0.6 is 0 Å². The lowest BCUT2D eigenvalue weighted by Crippen LogP contribution is -2.41. The van der Waals surface area contributed by atoms with E-state index in [1.54, 1.807) is 0 Å². The number of hydrogen-bond acceptors (Lipinski definition) is 4. The minimum Gasteiger partial charge on any atom is -0.477 e. The highest BCUT2D eigenvalue weighted by atomic mass is 19.4. The number of rotatable bonds is 3. The second-order valence-corrected chi connectivity index (χ2v) is 8.56. The van der Waals surface area contributed by atoms with Crippen molar-refractivity contribution < 1.29 is 27.2 Å². The second kappa shape index (κ2) is 6.16. The molecule has 4 nitrogen and oxygen atoms in total. The van der Waals surface area contributed by atoms with E-state index in [1.165, 1.54) is 6.07 Å². The molecule has 1 saturated heterocycles. The van der Waals surface area contributed by atoms with Gasteiger partial charge in [-0.05, 0) is 44.6 Å². The Labute approximate surface area is 147 Å². The van der Waals surface area contributed by atoms with Gasteiger partial charge in [0.25, 0.3) is 0 Å². The van der Waals surface area contributed by atoms with Crippen molar-refractivity contribution in [2.75, 3.05) is 6.61 Å². The number of nitrogens with zero attached hydrogens (tertiary/aromatic N) is 1. The summed E-state index contributed by atoms with van der Waals surface area (Å²) in [7, 11) is -0.911. The Hall–Kier alpha value is -1.28. The Morgan fingerprint density at radius 3 is 2.00 bits per heavy atom. The summed E-state index contributed by atoms with van der Waals surface area (Å²) in [6.07, 6.45) is -4.58. The second-order valence-electron chi connectivity index (χ2n) is 8.56. The van der Waals surface area contributed by atoms with E-state index in [4.69, 9.17) is 14.0 Å². The summed E-state index contributed by atoms with van der Waals surface area (Å²) in [5.74, 6) is -0.0885. The molecule has 0 amide bonds. The standard InChI is InChI=1S/C17H25BF3NO3/c1-14(2,3)10-23-13-9-11(8-12(22-13)17(19,20)21)18-24-15(4,5)16(6,7)25-18/h8-9H,10H2,1-7H3. The number of alkyl halides is 3. The van der Waals surface area contributed by atoms with Gasteiger partial charge < -0.3 is 14.0 Å². The summed E-state index contributed by atoms with van der Waals surface area (Å²) in [5, 5.41) is 0. The van der Waals surface area contributed by atoms with Crippen LogP contribution in [0, 0.1) is 5.41 Å². The van der Waals surface area contributed by atoms with Crippen LogP contribution in [0.3, 0.4) is 0 Å². The molecule has 2 rings (SSSR count). The Bertz CT molecular complexity index is 623. The largest absolute Gasteiger partial charge is 0.495 e. The van der Waals surface area contributed by atoms with Crippen LogP contribution in [-0.2, 0) is 15.5 Å². The van der Waals surface area contributed by atoms with E-state index >= 15 is 0 Å². The monoisotopic (exact) mass is 359 g/mol. The molecule has 0 aliphatic carbocycles. The van der Waals surface area contributed by atoms with E-state index in [9.17, 15) is 13.2 Å². The highest BCUT2D eigenvalue weighted by Gasteiger charge is 2.52. The van der Waals surface area contributed by atoms with Gasteiger partial charge in [-0.1, -0.05) is 20.8 Å². The minimum absolute atomic E-state index is 0.0885. The fraction of sp³-hybridized carbons (Fsp3) is 0.706. The van der Waals surface area contributed by atoms with E-state index in [2.05, 4.69) is 4.98 Å². The molecule has 0 atom stereocenters. The summed E-state index contributed by atoms with van der Waals surface area (Å²) < 4.78 is 56.8. The first kappa shape index (κ1) is 20.0. The SMILES string of the molecule is CC(C)(C)COc1cc(B2OC(C)(C)C(C)(C)O2)cc(C(F)(F)F)n1. The maximum Gasteiger partial charge on any atom is 0.495 e. The molecule has 0 saturated carbocycles. The van der Waals surface area contributed by atoms with Crippen molar-refractivity contribution in [3.63, 3.8) is 0 Å². The molecular formula is C17H25BF3NO3. The number of hydrogen-bond donors (Lipinski definition) is 0. The van der Waals surface area contributed by atoms with Crippen LogP contribution < -0.4 is 10.2 Å². The first-order valence-corrected chi connectivity index (χ1v) is 8.18. The van der Waals surface area contributed by atoms with Gasteiger partial charge in [0.2, 0.25) is 5.88 Å². The third kappa shape index (κ3) is 4.67. The lowest BCUT2D eigenvalue weighted by atomic mass is 9.79. The van der Waals surface area contributed by atoms with Gasteiger partial charge in [-0.3, -0.25) is 0 Å². The Morgan fingerprint density at radius 2 is 1.56 bits per heavy atom. The summed E-state index contributed by atoms with van der Waals surface area (Å²) in [4.78, 5) is 3.59. The maximum atomic E-state index is 13.2. The summed E-state index contributed by atoms with van der Waals surface area (Å²) in [5.41, 5.74) is -2.29. The molecule has 0 N–H and O–H groups in total. The van der Waals surface area contributed by atoms with Crippen molar-refractivity contribution in [3.8, 4) is 5.88 Å². The zero-order valence-electron chi connectivity index (χ0n) is 15.7. The van der Waals surface area contributed by atoms with E-state index in [1.807, 2.05) is 48.5 Å². The van der Waals surface area contributed by atoms with Gasteiger partial charge in [-0.15, -0.1) is 0 Å². The molecule has 1 aromatic heterocycles. The average Bonchev–Trinajstić information content (AvgIpc) is 2.63. The lowest BCUT2D eigenvalue weighted by molar-refractivity contribution is -0.141. The van der Waals surface area contributed by atoms with Crippen molar-refractivity contribution in [1.82, 2.24) is 4.98 Å². The molecule has 1 aromatic rings. The molecule has 140 valence electrons. The van der Waals surface area contributed by atoms with Gasteiger partial charge in [0, 0.05) is 6.07 Å². The first-order chi connectivity index (χ1) is 11.1. The zero-order valence-corrected chi connectivity index (χ0v) is 15.7. The van der Waals surface area contributed by atoms with Crippen LogP contribution in [0.1, 0.15) is 54.2 Å². The van der Waals surface area contributed by atoms with Gasteiger partial charge in [-0.2, -0.15) is 13.2 Å². The summed E-state index contributed by atoms with van der Waals surface area (Å²) in [6, 6.07) is 2.40. The van der Waals surface area contributed by atoms with E-state index in [-0.39, 0.29) is 23.4 Å². The highest BCUT2D eigenvalue weighted by Crippen LogP contribution is 2.37. The topological polar surface area (TPSA) is 40.6 Å². The quantitative estimate of drug-likeness (QED) is 0.770. The molecule has 1 aliphatic heterocycles. The van der Waals surface area contributed by atoms with Crippen molar-refractivity contribution in [2.45, 2.75) is 65.8 Å². The van der Waals surface area contributed by atoms with E-state index < -0.39 is 30.2 Å². The van der Waals surface area contributed by atoms with Crippen molar-refractivity contribution in [3.05, 3.63) is 17.8 Å². The molecule has 0 bridgehead atoms. The molecule has 0 unspecified atom stereocenters. The molecule has 1 aliphatic rings. The molecule has 0 spiro atoms. The third-order valence-corrected chi connectivity index (χ3v) is 4.29. The van der Waals surface area contributed by atoms with Crippen molar-refractivity contribution in [2.24, 2.45) is 5.41 Å². The van der Waals surface area contributed by atoms with Crippen LogP contribution in [0.5, 0.6) is 5.88 Å². The highest BCUT2D eigenvalue weighted by molar-refractivity contribution is 6.62. The Kier molecular flexibility index (Phi) is 4.94. The fourth-order valence-corrected chi connectivity index (χ4v) is 2.15. The van der Waals surface area contributed by atoms with Crippen LogP contribution in [0.25, 0.3) is 0 Å². The predicted molar refractivity (Wildman–Crippen MR) is 89.9 cm³/mol. The number of aromatic nitrogens is 1. The van der Waals surface area contributed by atoms with E-state index in [0.717, 1.165) is 6.07 Å². The smallest absolute Gasteiger partial charge is 0.477 e. The molecule has 1 fully saturated rings. The van der Waals surface area contributed by atoms with Crippen LogP contribution in [-0.4, -0.2) is 29.9 Å². The van der Waals surface area contributed by atoms with Crippen LogP contribution in [0.4, 0.5) is 13.2 Å². The molecule has 25 heavy (non-hydrogen) atoms. The average molecular weight is 359 g/mol. The summed E-state index contributed by atoms with van der Waals surface area (Å²) in [6.45, 7) is 13.4.